The highest BCUT2D eigenvalue weighted by atomic mass is 16.2. The van der Waals surface area contributed by atoms with Crippen molar-refractivity contribution < 1.29 is 5.11 Å². The summed E-state index contributed by atoms with van der Waals surface area (Å²) in [5.41, 5.74) is 1.37. The lowest BCUT2D eigenvalue weighted by Gasteiger charge is -2.09. The Hall–Kier alpha value is -0.820. The number of rotatable bonds is 4. The quantitative estimate of drug-likeness (QED) is 0.776. The van der Waals surface area contributed by atoms with Gasteiger partial charge < -0.3 is 5.11 Å². The zero-order chi connectivity index (χ0) is 10.8. The largest absolute Gasteiger partial charge is 0.396 e. The monoisotopic (exact) mass is 194 g/mol. The highest BCUT2D eigenvalue weighted by molar-refractivity contribution is 5.18. The molecule has 80 valence electrons. The van der Waals surface area contributed by atoms with Crippen LogP contribution in [0.15, 0.2) is 30.3 Å². The smallest absolute Gasteiger partial charge is 0.0431 e. The molecule has 0 bridgehead atoms. The van der Waals surface area contributed by atoms with Gasteiger partial charge in [0.2, 0.25) is 0 Å². The number of hydrogen-bond acceptors (Lipinski definition) is 1. The fourth-order valence-electron chi connectivity index (χ4n) is 1.35. The summed E-state index contributed by atoms with van der Waals surface area (Å²) < 4.78 is 0. The molecule has 0 aromatic heterocycles. The van der Waals surface area contributed by atoms with Gasteiger partial charge in [-0.2, -0.15) is 0 Å². The SMILES string of the molecule is CC.CC(CCCO)c1ccccc1. The van der Waals surface area contributed by atoms with Crippen LogP contribution in [0, 0.1) is 0 Å². The number of hydrogen-bond donors (Lipinski definition) is 1. The van der Waals surface area contributed by atoms with Gasteiger partial charge in [0.05, 0.1) is 0 Å². The zero-order valence-corrected chi connectivity index (χ0v) is 9.53. The van der Waals surface area contributed by atoms with Crippen molar-refractivity contribution in [3.63, 3.8) is 0 Å². The van der Waals surface area contributed by atoms with Crippen LogP contribution in [0.25, 0.3) is 0 Å². The fraction of sp³-hybridized carbons (Fsp3) is 0.538. The maximum atomic E-state index is 8.66. The lowest BCUT2D eigenvalue weighted by Crippen LogP contribution is -1.94. The zero-order valence-electron chi connectivity index (χ0n) is 9.53. The first kappa shape index (κ1) is 13.2. The van der Waals surface area contributed by atoms with Crippen LogP contribution in [-0.4, -0.2) is 11.7 Å². The second-order valence-electron chi connectivity index (χ2n) is 3.18. The first-order valence-corrected chi connectivity index (χ1v) is 5.50. The van der Waals surface area contributed by atoms with Crippen molar-refractivity contribution >= 4 is 0 Å². The lowest BCUT2D eigenvalue weighted by molar-refractivity contribution is 0.281. The minimum atomic E-state index is 0.303. The van der Waals surface area contributed by atoms with Crippen molar-refractivity contribution in [1.82, 2.24) is 0 Å². The Morgan fingerprint density at radius 2 is 1.71 bits per heavy atom. The summed E-state index contributed by atoms with van der Waals surface area (Å²) in [6, 6.07) is 10.4. The molecule has 1 atom stereocenters. The molecule has 0 aliphatic heterocycles. The van der Waals surface area contributed by atoms with E-state index >= 15 is 0 Å². The topological polar surface area (TPSA) is 20.2 Å². The molecule has 1 nitrogen and oxygen atoms in total. The third-order valence-corrected chi connectivity index (χ3v) is 2.16. The maximum absolute atomic E-state index is 8.66. The first-order chi connectivity index (χ1) is 6.84. The van der Waals surface area contributed by atoms with Gasteiger partial charge in [0.1, 0.15) is 0 Å². The van der Waals surface area contributed by atoms with Gasteiger partial charge in [-0.25, -0.2) is 0 Å². The maximum Gasteiger partial charge on any atom is 0.0431 e. The van der Waals surface area contributed by atoms with Gasteiger partial charge in [-0.05, 0) is 24.3 Å². The molecule has 1 aromatic carbocycles. The number of aliphatic hydroxyl groups excluding tert-OH is 1. The summed E-state index contributed by atoms with van der Waals surface area (Å²) in [6.07, 6.45) is 1.97. The molecule has 0 fully saturated rings. The summed E-state index contributed by atoms with van der Waals surface area (Å²) in [7, 11) is 0. The van der Waals surface area contributed by atoms with E-state index in [0.29, 0.717) is 12.5 Å². The van der Waals surface area contributed by atoms with Crippen LogP contribution < -0.4 is 0 Å². The van der Waals surface area contributed by atoms with E-state index < -0.39 is 0 Å². The van der Waals surface area contributed by atoms with Crippen LogP contribution in [0.3, 0.4) is 0 Å². The van der Waals surface area contributed by atoms with E-state index in [2.05, 4.69) is 31.2 Å². The van der Waals surface area contributed by atoms with Crippen LogP contribution in [0.1, 0.15) is 45.1 Å². The lowest BCUT2D eigenvalue weighted by atomic mass is 9.97. The van der Waals surface area contributed by atoms with E-state index in [1.807, 2.05) is 19.9 Å². The molecular weight excluding hydrogens is 172 g/mol. The van der Waals surface area contributed by atoms with Crippen LogP contribution in [0.4, 0.5) is 0 Å². The number of aliphatic hydroxyl groups is 1. The molecule has 0 radical (unpaired) electrons. The normalized spacial score (nSPS) is 11.4. The Morgan fingerprint density at radius 1 is 1.14 bits per heavy atom. The number of benzene rings is 1. The Morgan fingerprint density at radius 3 is 2.21 bits per heavy atom. The van der Waals surface area contributed by atoms with Gasteiger partial charge in [-0.15, -0.1) is 0 Å². The van der Waals surface area contributed by atoms with Crippen molar-refractivity contribution in [3.05, 3.63) is 35.9 Å². The summed E-state index contributed by atoms with van der Waals surface area (Å²) in [5, 5.41) is 8.66. The summed E-state index contributed by atoms with van der Waals surface area (Å²) in [4.78, 5) is 0. The molecule has 1 heteroatoms. The first-order valence-electron chi connectivity index (χ1n) is 5.50. The predicted octanol–water partition coefficient (Wildman–Crippen LogP) is 3.59. The van der Waals surface area contributed by atoms with E-state index in [0.717, 1.165) is 12.8 Å². The standard InChI is InChI=1S/C11H16O.C2H6/c1-10(6-5-9-12)11-7-3-2-4-8-11;1-2/h2-4,7-8,10,12H,5-6,9H2,1H3;1-2H3. The fourth-order valence-corrected chi connectivity index (χ4v) is 1.35. The van der Waals surface area contributed by atoms with Gasteiger partial charge >= 0.3 is 0 Å². The molecule has 0 aliphatic rings. The van der Waals surface area contributed by atoms with E-state index in [1.165, 1.54) is 5.56 Å². The highest BCUT2D eigenvalue weighted by Crippen LogP contribution is 2.19. The van der Waals surface area contributed by atoms with Crippen molar-refractivity contribution in [2.24, 2.45) is 0 Å². The molecule has 0 spiro atoms. The molecule has 0 heterocycles. The molecule has 0 saturated carbocycles. The molecular formula is C13H22O. The van der Waals surface area contributed by atoms with Crippen molar-refractivity contribution in [1.29, 1.82) is 0 Å². The average Bonchev–Trinajstić information content (AvgIpc) is 2.30. The van der Waals surface area contributed by atoms with Gasteiger partial charge in [0.25, 0.3) is 0 Å². The molecule has 14 heavy (non-hydrogen) atoms. The molecule has 0 amide bonds. The molecule has 1 N–H and O–H groups in total. The van der Waals surface area contributed by atoms with Gasteiger partial charge in [-0.3, -0.25) is 0 Å². The Bertz CT molecular complexity index is 206. The third-order valence-electron chi connectivity index (χ3n) is 2.16. The van der Waals surface area contributed by atoms with Gasteiger partial charge in [0.15, 0.2) is 0 Å². The highest BCUT2D eigenvalue weighted by Gasteiger charge is 2.02. The van der Waals surface area contributed by atoms with E-state index in [9.17, 15) is 0 Å². The van der Waals surface area contributed by atoms with Gasteiger partial charge in [0, 0.05) is 6.61 Å². The Kier molecular flexibility index (Phi) is 8.25. The van der Waals surface area contributed by atoms with Crippen LogP contribution in [-0.2, 0) is 0 Å². The minimum Gasteiger partial charge on any atom is -0.396 e. The van der Waals surface area contributed by atoms with Crippen LogP contribution in [0.5, 0.6) is 0 Å². The average molecular weight is 194 g/mol. The van der Waals surface area contributed by atoms with Crippen LogP contribution in [0.2, 0.25) is 0 Å². The molecule has 1 unspecified atom stereocenters. The predicted molar refractivity (Wildman–Crippen MR) is 62.5 cm³/mol. The van der Waals surface area contributed by atoms with Crippen molar-refractivity contribution in [3.8, 4) is 0 Å². The second kappa shape index (κ2) is 8.76. The Balaban J connectivity index is 0.000000791. The van der Waals surface area contributed by atoms with Crippen molar-refractivity contribution in [2.75, 3.05) is 6.61 Å². The van der Waals surface area contributed by atoms with E-state index in [1.54, 1.807) is 0 Å². The summed E-state index contributed by atoms with van der Waals surface area (Å²) in [5.74, 6) is 0.568. The summed E-state index contributed by atoms with van der Waals surface area (Å²) >= 11 is 0. The van der Waals surface area contributed by atoms with Gasteiger partial charge in [-0.1, -0.05) is 51.1 Å². The molecule has 1 aromatic rings. The molecule has 0 aliphatic carbocycles. The molecule has 0 saturated heterocycles. The third kappa shape index (κ3) is 5.03. The second-order valence-corrected chi connectivity index (χ2v) is 3.18. The molecule has 1 rings (SSSR count). The van der Waals surface area contributed by atoms with E-state index in [-0.39, 0.29) is 0 Å². The summed E-state index contributed by atoms with van der Waals surface area (Å²) in [6.45, 7) is 6.50. The Labute approximate surface area is 87.8 Å². The minimum absolute atomic E-state index is 0.303. The van der Waals surface area contributed by atoms with E-state index in [4.69, 9.17) is 5.11 Å². The van der Waals surface area contributed by atoms with Crippen molar-refractivity contribution in [2.45, 2.75) is 39.5 Å². The van der Waals surface area contributed by atoms with Crippen LogP contribution >= 0.6 is 0 Å².